The zero-order valence-electron chi connectivity index (χ0n) is 22.0. The van der Waals surface area contributed by atoms with Gasteiger partial charge < -0.3 is 26.4 Å². The summed E-state index contributed by atoms with van der Waals surface area (Å²) in [5, 5.41) is 16.4. The Morgan fingerprint density at radius 3 is 2.39 bits per heavy atom. The summed E-state index contributed by atoms with van der Waals surface area (Å²) in [4.78, 5) is 41.5. The van der Waals surface area contributed by atoms with Gasteiger partial charge in [0.15, 0.2) is 6.10 Å². The Labute approximate surface area is 221 Å². The molecular weight excluding hydrogens is 480 g/mol. The molecule has 36 heavy (non-hydrogen) atoms. The fourth-order valence-electron chi connectivity index (χ4n) is 6.67. The van der Waals surface area contributed by atoms with Crippen LogP contribution in [0.1, 0.15) is 72.1 Å². The number of nitrogens with two attached hydrogens (primary N) is 1. The highest BCUT2D eigenvalue weighted by Crippen LogP contribution is 2.65. The molecule has 4 fully saturated rings. The molecule has 3 aliphatic carbocycles. The number of carbonyl (C=O) groups is 3. The van der Waals surface area contributed by atoms with E-state index in [4.69, 9.17) is 5.73 Å². The van der Waals surface area contributed by atoms with Crippen molar-refractivity contribution < 1.29 is 19.5 Å². The normalized spacial score (nSPS) is 30.1. The van der Waals surface area contributed by atoms with Crippen LogP contribution in [-0.2, 0) is 14.4 Å². The monoisotopic (exact) mass is 524 g/mol. The van der Waals surface area contributed by atoms with Gasteiger partial charge in [-0.15, -0.1) is 19.0 Å². The van der Waals surface area contributed by atoms with Crippen LogP contribution >= 0.6 is 12.4 Å². The Morgan fingerprint density at radius 2 is 1.81 bits per heavy atom. The molecule has 3 amide bonds. The number of halogens is 1. The molecule has 0 spiro atoms. The van der Waals surface area contributed by atoms with Crippen LogP contribution in [0.25, 0.3) is 0 Å². The first kappa shape index (κ1) is 28.9. The smallest absolute Gasteiger partial charge is 0.251 e. The van der Waals surface area contributed by atoms with Crippen molar-refractivity contribution in [1.82, 2.24) is 15.5 Å². The lowest BCUT2D eigenvalue weighted by atomic mass is 9.70. The molecule has 6 atom stereocenters. The van der Waals surface area contributed by atoms with E-state index in [1.165, 1.54) is 6.42 Å². The Balaban J connectivity index is 0.00000361. The van der Waals surface area contributed by atoms with E-state index in [1.807, 2.05) is 0 Å². The molecule has 0 radical (unpaired) electrons. The lowest BCUT2D eigenvalue weighted by Gasteiger charge is -2.41. The van der Waals surface area contributed by atoms with Gasteiger partial charge in [0.2, 0.25) is 11.8 Å². The van der Waals surface area contributed by atoms with Gasteiger partial charge >= 0.3 is 0 Å². The number of carbonyl (C=O) groups excluding carboxylic acids is 3. The molecule has 0 aromatic rings. The van der Waals surface area contributed by atoms with Crippen LogP contribution in [0.2, 0.25) is 0 Å². The predicted molar refractivity (Wildman–Crippen MR) is 141 cm³/mol. The number of aliphatic hydroxyl groups is 1. The van der Waals surface area contributed by atoms with E-state index in [2.05, 4.69) is 38.0 Å². The van der Waals surface area contributed by atoms with Crippen LogP contribution in [0.3, 0.4) is 0 Å². The Kier molecular flexibility index (Phi) is 8.84. The zero-order chi connectivity index (χ0) is 25.5. The summed E-state index contributed by atoms with van der Waals surface area (Å²) < 4.78 is 0. The van der Waals surface area contributed by atoms with Crippen molar-refractivity contribution in [1.29, 1.82) is 0 Å². The summed E-state index contributed by atoms with van der Waals surface area (Å²) in [5.41, 5.74) is 6.31. The molecule has 8 nitrogen and oxygen atoms in total. The van der Waals surface area contributed by atoms with E-state index in [0.717, 1.165) is 38.5 Å². The van der Waals surface area contributed by atoms with Crippen LogP contribution < -0.4 is 16.4 Å². The first-order valence-electron chi connectivity index (χ1n) is 13.4. The van der Waals surface area contributed by atoms with Gasteiger partial charge in [-0.25, -0.2) is 0 Å². The van der Waals surface area contributed by atoms with Crippen LogP contribution in [0.4, 0.5) is 0 Å². The third kappa shape index (κ3) is 5.60. The minimum Gasteiger partial charge on any atom is -0.381 e. The molecule has 4 rings (SSSR count). The standard InChI is InChI=1S/C27H44N4O4.ClH/c1-5-13-29-24(34)21(32)18(14-16-9-10-16)30-23(33)20-19-17(26(19,2)3)15-31(20)25(35)22(28)27(4)11-7-6-8-12-27;/h5,16-22,32H,1,6-15,28H2,2-4H3,(H,29,34)(H,30,33);1H/t17-,18-,19-,20-,21?,22-;/m0./s1. The van der Waals surface area contributed by atoms with E-state index in [9.17, 15) is 19.5 Å². The number of likely N-dealkylation sites (tertiary alicyclic amines) is 1. The number of nitrogens with one attached hydrogen (secondary N) is 2. The van der Waals surface area contributed by atoms with Crippen molar-refractivity contribution in [2.24, 2.45) is 34.3 Å². The number of nitrogens with zero attached hydrogens (tertiary/aromatic N) is 1. The molecule has 0 bridgehead atoms. The highest BCUT2D eigenvalue weighted by atomic mass is 35.5. The van der Waals surface area contributed by atoms with Crippen molar-refractivity contribution in [3.63, 3.8) is 0 Å². The topological polar surface area (TPSA) is 125 Å². The van der Waals surface area contributed by atoms with Gasteiger partial charge in [0.05, 0.1) is 12.1 Å². The zero-order valence-corrected chi connectivity index (χ0v) is 22.8. The molecule has 4 aliphatic rings. The summed E-state index contributed by atoms with van der Waals surface area (Å²) in [6.45, 7) is 10.8. The third-order valence-electron chi connectivity index (χ3n) is 9.46. The van der Waals surface area contributed by atoms with Gasteiger partial charge in [-0.1, -0.05) is 59.0 Å². The van der Waals surface area contributed by atoms with Gasteiger partial charge in [-0.05, 0) is 47.8 Å². The SMILES string of the molecule is C=CCNC(=O)C(O)[C@H](CC1CC1)NC(=O)[C@@H]1[C@@H]2[C@H](CN1C(=O)[C@H](N)C1(C)CCCCC1)C2(C)C.Cl. The Bertz CT molecular complexity index is 855. The Hall–Kier alpha value is -1.64. The van der Waals surface area contributed by atoms with E-state index >= 15 is 0 Å². The largest absolute Gasteiger partial charge is 0.381 e. The van der Waals surface area contributed by atoms with E-state index < -0.39 is 30.1 Å². The Morgan fingerprint density at radius 1 is 1.17 bits per heavy atom. The average molecular weight is 525 g/mol. The predicted octanol–water partition coefficient (Wildman–Crippen LogP) is 2.14. The highest BCUT2D eigenvalue weighted by Gasteiger charge is 2.69. The summed E-state index contributed by atoms with van der Waals surface area (Å²) in [6, 6.07) is -1.94. The molecular formula is C27H45ClN4O4. The number of rotatable bonds is 10. The lowest BCUT2D eigenvalue weighted by Crippen LogP contribution is -2.60. The van der Waals surface area contributed by atoms with Crippen molar-refractivity contribution in [3.05, 3.63) is 12.7 Å². The van der Waals surface area contributed by atoms with Gasteiger partial charge in [0.25, 0.3) is 5.91 Å². The minimum absolute atomic E-state index is 0. The van der Waals surface area contributed by atoms with E-state index in [0.29, 0.717) is 18.9 Å². The van der Waals surface area contributed by atoms with Crippen LogP contribution in [0, 0.1) is 28.6 Å². The summed E-state index contributed by atoms with van der Waals surface area (Å²) in [7, 11) is 0. The van der Waals surface area contributed by atoms with Crippen LogP contribution in [0.5, 0.6) is 0 Å². The first-order valence-corrected chi connectivity index (χ1v) is 13.4. The minimum atomic E-state index is -1.35. The number of hydrogen-bond donors (Lipinski definition) is 4. The summed E-state index contributed by atoms with van der Waals surface area (Å²) >= 11 is 0. The van der Waals surface area contributed by atoms with Gasteiger partial charge in [-0.2, -0.15) is 0 Å². The molecule has 5 N–H and O–H groups in total. The van der Waals surface area contributed by atoms with E-state index in [1.54, 1.807) is 11.0 Å². The van der Waals surface area contributed by atoms with Crippen molar-refractivity contribution >= 4 is 30.1 Å². The molecule has 204 valence electrons. The second kappa shape index (κ2) is 11.0. The molecule has 1 aliphatic heterocycles. The molecule has 1 saturated heterocycles. The van der Waals surface area contributed by atoms with Gasteiger partial charge in [0, 0.05) is 13.1 Å². The first-order chi connectivity index (χ1) is 16.5. The second-order valence-electron chi connectivity index (χ2n) is 12.4. The molecule has 3 saturated carbocycles. The van der Waals surface area contributed by atoms with Gasteiger partial charge in [0.1, 0.15) is 6.04 Å². The fraction of sp³-hybridized carbons (Fsp3) is 0.815. The highest BCUT2D eigenvalue weighted by molar-refractivity contribution is 5.92. The fourth-order valence-corrected chi connectivity index (χ4v) is 6.67. The number of fused-ring (bicyclic) bond motifs is 1. The van der Waals surface area contributed by atoms with Crippen molar-refractivity contribution in [2.75, 3.05) is 13.1 Å². The summed E-state index contributed by atoms with van der Waals surface area (Å²) in [6.07, 6.45) is 8.00. The average Bonchev–Trinajstić information content (AvgIpc) is 3.68. The quantitative estimate of drug-likeness (QED) is 0.326. The lowest BCUT2D eigenvalue weighted by molar-refractivity contribution is -0.145. The van der Waals surface area contributed by atoms with Crippen molar-refractivity contribution in [3.8, 4) is 0 Å². The van der Waals surface area contributed by atoms with Crippen molar-refractivity contribution in [2.45, 2.75) is 96.4 Å². The number of aliphatic hydroxyl groups excluding tert-OH is 1. The maximum absolute atomic E-state index is 13.7. The molecule has 9 heteroatoms. The molecule has 0 aromatic heterocycles. The van der Waals surface area contributed by atoms with Crippen LogP contribution in [0.15, 0.2) is 12.7 Å². The number of amides is 3. The molecule has 0 aromatic carbocycles. The van der Waals surface area contributed by atoms with Crippen LogP contribution in [-0.4, -0.2) is 65.0 Å². The van der Waals surface area contributed by atoms with Gasteiger partial charge in [-0.3, -0.25) is 14.4 Å². The van der Waals surface area contributed by atoms with E-state index in [-0.39, 0.29) is 53.4 Å². The maximum Gasteiger partial charge on any atom is 0.251 e. The summed E-state index contributed by atoms with van der Waals surface area (Å²) in [5.74, 6) is -0.220. The third-order valence-corrected chi connectivity index (χ3v) is 9.46. The number of piperidine rings is 1. The maximum atomic E-state index is 13.7. The molecule has 1 unspecified atom stereocenters. The molecule has 1 heterocycles. The number of hydrogen-bond acceptors (Lipinski definition) is 5. The second-order valence-corrected chi connectivity index (χ2v) is 12.4.